The van der Waals surface area contributed by atoms with Gasteiger partial charge in [0.15, 0.2) is 0 Å². The van der Waals surface area contributed by atoms with Crippen LogP contribution in [0.25, 0.3) is 0 Å². The molecule has 1 aromatic rings. The van der Waals surface area contributed by atoms with Crippen molar-refractivity contribution in [3.63, 3.8) is 0 Å². The summed E-state index contributed by atoms with van der Waals surface area (Å²) in [5.41, 5.74) is 0.879. The third-order valence-electron chi connectivity index (χ3n) is 3.44. The van der Waals surface area contributed by atoms with Gasteiger partial charge in [0.05, 0.1) is 30.9 Å². The number of esters is 1. The Labute approximate surface area is 140 Å². The lowest BCUT2D eigenvalue weighted by Crippen LogP contribution is -2.33. The topological polar surface area (TPSA) is 82.1 Å². The fourth-order valence-electron chi connectivity index (χ4n) is 2.32. The predicted octanol–water partition coefficient (Wildman–Crippen LogP) is 1.27. The summed E-state index contributed by atoms with van der Waals surface area (Å²) in [5.74, 6) is -0.946. The minimum Gasteiger partial charge on any atom is -0.464 e. The maximum Gasteiger partial charge on any atom is 0.332 e. The van der Waals surface area contributed by atoms with E-state index >= 15 is 0 Å². The van der Waals surface area contributed by atoms with Gasteiger partial charge in [0.2, 0.25) is 0 Å². The predicted molar refractivity (Wildman–Crippen MR) is 84.7 cm³/mol. The van der Waals surface area contributed by atoms with Crippen molar-refractivity contribution >= 4 is 17.8 Å². The standard InChI is InChI=1S/C17H21NO6/c1-2-24-15(19)12-23-10-5-9-22-11-8-18-16(20)13-6-3-4-7-14(13)17(18)21/h3-4,6-7H,2,5,8-12H2,1H3. The quantitative estimate of drug-likeness (QED) is 0.364. The highest BCUT2D eigenvalue weighted by Crippen LogP contribution is 2.21. The molecule has 0 saturated carbocycles. The number of hydrogen-bond donors (Lipinski definition) is 0. The van der Waals surface area contributed by atoms with Crippen molar-refractivity contribution in [3.05, 3.63) is 35.4 Å². The van der Waals surface area contributed by atoms with Crippen molar-refractivity contribution < 1.29 is 28.6 Å². The maximum absolute atomic E-state index is 12.1. The molecule has 0 N–H and O–H groups in total. The SMILES string of the molecule is CCOC(=O)COCCCOCCN1C(=O)c2ccccc2C1=O. The maximum atomic E-state index is 12.1. The third kappa shape index (κ3) is 4.62. The zero-order valence-corrected chi connectivity index (χ0v) is 13.7. The Balaban J connectivity index is 1.58. The summed E-state index contributed by atoms with van der Waals surface area (Å²) in [4.78, 5) is 36.5. The van der Waals surface area contributed by atoms with E-state index in [-0.39, 0.29) is 37.5 Å². The summed E-state index contributed by atoms with van der Waals surface area (Å²) in [7, 11) is 0. The molecule has 0 bridgehead atoms. The molecule has 1 aliphatic rings. The molecule has 0 radical (unpaired) electrons. The molecule has 0 atom stereocenters. The largest absolute Gasteiger partial charge is 0.464 e. The molecule has 2 rings (SSSR count). The lowest BCUT2D eigenvalue weighted by molar-refractivity contribution is -0.148. The van der Waals surface area contributed by atoms with Gasteiger partial charge in [-0.1, -0.05) is 12.1 Å². The molecule has 2 amide bonds. The zero-order valence-electron chi connectivity index (χ0n) is 13.7. The highest BCUT2D eigenvalue weighted by molar-refractivity contribution is 6.21. The fraction of sp³-hybridized carbons (Fsp3) is 0.471. The van der Waals surface area contributed by atoms with Gasteiger partial charge in [-0.25, -0.2) is 4.79 Å². The average molecular weight is 335 g/mol. The molecule has 7 heteroatoms. The van der Waals surface area contributed by atoms with Crippen LogP contribution in [0.1, 0.15) is 34.1 Å². The number of benzene rings is 1. The van der Waals surface area contributed by atoms with E-state index in [0.717, 1.165) is 0 Å². The molecule has 1 aliphatic heterocycles. The summed E-state index contributed by atoms with van der Waals surface area (Å²) >= 11 is 0. The van der Waals surface area contributed by atoms with E-state index in [1.165, 1.54) is 4.90 Å². The van der Waals surface area contributed by atoms with E-state index in [0.29, 0.717) is 37.4 Å². The number of carbonyl (C=O) groups excluding carboxylic acids is 3. The Kier molecular flexibility index (Phi) is 6.89. The third-order valence-corrected chi connectivity index (χ3v) is 3.44. The summed E-state index contributed by atoms with van der Waals surface area (Å²) < 4.78 is 15.3. The van der Waals surface area contributed by atoms with Gasteiger partial charge < -0.3 is 14.2 Å². The Bertz CT molecular complexity index is 565. The van der Waals surface area contributed by atoms with Gasteiger partial charge in [0.1, 0.15) is 6.61 Å². The summed E-state index contributed by atoms with van der Waals surface area (Å²) in [6.45, 7) is 3.29. The molecule has 0 unspecified atom stereocenters. The van der Waals surface area contributed by atoms with Crippen LogP contribution in [0.15, 0.2) is 24.3 Å². The van der Waals surface area contributed by atoms with Crippen molar-refractivity contribution in [2.45, 2.75) is 13.3 Å². The van der Waals surface area contributed by atoms with Gasteiger partial charge in [-0.15, -0.1) is 0 Å². The van der Waals surface area contributed by atoms with Crippen molar-refractivity contribution in [3.8, 4) is 0 Å². The minimum atomic E-state index is -0.385. The highest BCUT2D eigenvalue weighted by atomic mass is 16.6. The van der Waals surface area contributed by atoms with Crippen LogP contribution in [0.3, 0.4) is 0 Å². The van der Waals surface area contributed by atoms with Crippen LogP contribution in [0.2, 0.25) is 0 Å². The zero-order chi connectivity index (χ0) is 17.4. The molecular weight excluding hydrogens is 314 g/mol. The molecule has 0 saturated heterocycles. The van der Waals surface area contributed by atoms with Crippen LogP contribution in [0.5, 0.6) is 0 Å². The second-order valence-electron chi connectivity index (χ2n) is 5.13. The van der Waals surface area contributed by atoms with Crippen molar-refractivity contribution in [2.24, 2.45) is 0 Å². The average Bonchev–Trinajstić information content (AvgIpc) is 2.82. The smallest absolute Gasteiger partial charge is 0.332 e. The first kappa shape index (κ1) is 18.1. The molecular formula is C17H21NO6. The first-order chi connectivity index (χ1) is 11.6. The van der Waals surface area contributed by atoms with Crippen LogP contribution < -0.4 is 0 Å². The molecule has 24 heavy (non-hydrogen) atoms. The molecule has 0 fully saturated rings. The van der Waals surface area contributed by atoms with E-state index in [4.69, 9.17) is 14.2 Å². The summed E-state index contributed by atoms with van der Waals surface area (Å²) in [6, 6.07) is 6.77. The van der Waals surface area contributed by atoms with Crippen LogP contribution in [0.4, 0.5) is 0 Å². The van der Waals surface area contributed by atoms with Gasteiger partial charge in [0.25, 0.3) is 11.8 Å². The van der Waals surface area contributed by atoms with E-state index in [9.17, 15) is 14.4 Å². The number of imide groups is 1. The number of amides is 2. The van der Waals surface area contributed by atoms with Crippen molar-refractivity contribution in [2.75, 3.05) is 39.6 Å². The molecule has 0 aliphatic carbocycles. The van der Waals surface area contributed by atoms with Crippen LogP contribution in [-0.2, 0) is 19.0 Å². The minimum absolute atomic E-state index is 0.0666. The molecule has 1 aromatic carbocycles. The van der Waals surface area contributed by atoms with E-state index in [1.54, 1.807) is 31.2 Å². The molecule has 7 nitrogen and oxygen atoms in total. The number of carbonyl (C=O) groups is 3. The van der Waals surface area contributed by atoms with Gasteiger partial charge >= 0.3 is 5.97 Å². The lowest BCUT2D eigenvalue weighted by Gasteiger charge is -2.13. The number of hydrogen-bond acceptors (Lipinski definition) is 6. The second-order valence-corrected chi connectivity index (χ2v) is 5.13. The first-order valence-corrected chi connectivity index (χ1v) is 7.91. The first-order valence-electron chi connectivity index (χ1n) is 7.91. The fourth-order valence-corrected chi connectivity index (χ4v) is 2.32. The normalized spacial score (nSPS) is 13.3. The molecule has 0 spiro atoms. The monoisotopic (exact) mass is 335 g/mol. The Morgan fingerprint density at radius 2 is 1.62 bits per heavy atom. The van der Waals surface area contributed by atoms with Gasteiger partial charge in [-0.3, -0.25) is 14.5 Å². The molecule has 130 valence electrons. The number of rotatable bonds is 10. The Hall–Kier alpha value is -2.25. The lowest BCUT2D eigenvalue weighted by atomic mass is 10.1. The van der Waals surface area contributed by atoms with Gasteiger partial charge in [0, 0.05) is 13.2 Å². The summed E-state index contributed by atoms with van der Waals surface area (Å²) in [5, 5.41) is 0. The second kappa shape index (κ2) is 9.14. The highest BCUT2D eigenvalue weighted by Gasteiger charge is 2.34. The van der Waals surface area contributed by atoms with Gasteiger partial charge in [-0.05, 0) is 25.5 Å². The van der Waals surface area contributed by atoms with Crippen LogP contribution in [0, 0.1) is 0 Å². The van der Waals surface area contributed by atoms with Crippen LogP contribution >= 0.6 is 0 Å². The summed E-state index contributed by atoms with van der Waals surface area (Å²) in [6.07, 6.45) is 0.613. The van der Waals surface area contributed by atoms with E-state index in [2.05, 4.69) is 0 Å². The number of ether oxygens (including phenoxy) is 3. The Morgan fingerprint density at radius 1 is 1.00 bits per heavy atom. The van der Waals surface area contributed by atoms with Gasteiger partial charge in [-0.2, -0.15) is 0 Å². The molecule has 0 aromatic heterocycles. The number of nitrogens with zero attached hydrogens (tertiary/aromatic N) is 1. The van der Waals surface area contributed by atoms with Crippen molar-refractivity contribution in [1.29, 1.82) is 0 Å². The number of fused-ring (bicyclic) bond motifs is 1. The Morgan fingerprint density at radius 3 is 2.25 bits per heavy atom. The molecule has 1 heterocycles. The van der Waals surface area contributed by atoms with E-state index < -0.39 is 0 Å². The van der Waals surface area contributed by atoms with Crippen LogP contribution in [-0.4, -0.2) is 62.3 Å². The van der Waals surface area contributed by atoms with Crippen molar-refractivity contribution in [1.82, 2.24) is 4.90 Å². The van der Waals surface area contributed by atoms with E-state index in [1.807, 2.05) is 0 Å².